The minimum atomic E-state index is -0.508. The Balaban J connectivity index is 2.44. The molecule has 0 aliphatic heterocycles. The Morgan fingerprint density at radius 2 is 1.75 bits per heavy atom. The fraction of sp³-hybridized carbons (Fsp3) is 1.00. The summed E-state index contributed by atoms with van der Waals surface area (Å²) < 4.78 is 0. The average Bonchev–Trinajstić information content (AvgIpc) is 2.26. The summed E-state index contributed by atoms with van der Waals surface area (Å²) in [6.07, 6.45) is 1.13. The van der Waals surface area contributed by atoms with Gasteiger partial charge in [0.05, 0.1) is 12.2 Å². The van der Waals surface area contributed by atoms with Crippen molar-refractivity contribution >= 4 is 0 Å². The molecular weight excluding hydrogens is 152 g/mol. The van der Waals surface area contributed by atoms with Crippen molar-refractivity contribution in [3.63, 3.8) is 0 Å². The number of rotatable bonds is 0. The topological polar surface area (TPSA) is 40.5 Å². The molecule has 2 rings (SSSR count). The van der Waals surface area contributed by atoms with Gasteiger partial charge in [-0.3, -0.25) is 0 Å². The van der Waals surface area contributed by atoms with Gasteiger partial charge in [-0.2, -0.15) is 0 Å². The first-order valence-electron chi connectivity index (χ1n) is 4.77. The Morgan fingerprint density at radius 1 is 1.17 bits per heavy atom. The molecule has 2 bridgehead atoms. The first-order valence-corrected chi connectivity index (χ1v) is 4.77. The largest absolute Gasteiger partial charge is 0.390 e. The lowest BCUT2D eigenvalue weighted by Crippen LogP contribution is -2.39. The Labute approximate surface area is 73.6 Å². The summed E-state index contributed by atoms with van der Waals surface area (Å²) in [5, 5.41) is 19.6. The minimum Gasteiger partial charge on any atom is -0.390 e. The van der Waals surface area contributed by atoms with Crippen molar-refractivity contribution in [1.82, 2.24) is 0 Å². The van der Waals surface area contributed by atoms with Gasteiger partial charge in [0, 0.05) is 5.41 Å². The highest BCUT2D eigenvalue weighted by molar-refractivity contribution is 5.14. The Hall–Kier alpha value is -0.0800. The van der Waals surface area contributed by atoms with Crippen LogP contribution in [0.5, 0.6) is 0 Å². The van der Waals surface area contributed by atoms with Gasteiger partial charge in [-0.15, -0.1) is 0 Å². The number of hydrogen-bond acceptors (Lipinski definition) is 2. The minimum absolute atomic E-state index is 0.0584. The fourth-order valence-electron chi connectivity index (χ4n) is 3.29. The van der Waals surface area contributed by atoms with E-state index in [0.29, 0.717) is 5.92 Å². The number of aliphatic hydroxyl groups is 2. The van der Waals surface area contributed by atoms with Gasteiger partial charge in [-0.05, 0) is 24.2 Å². The predicted octanol–water partition coefficient (Wildman–Crippen LogP) is 1.16. The molecule has 2 N–H and O–H groups in total. The first kappa shape index (κ1) is 8.52. The van der Waals surface area contributed by atoms with E-state index in [1.807, 2.05) is 0 Å². The molecule has 0 aromatic rings. The van der Waals surface area contributed by atoms with Gasteiger partial charge in [0.15, 0.2) is 0 Å². The van der Waals surface area contributed by atoms with Crippen LogP contribution in [-0.4, -0.2) is 22.4 Å². The molecular formula is C10H18O2. The lowest BCUT2D eigenvalue weighted by molar-refractivity contribution is -0.0508. The predicted molar refractivity (Wildman–Crippen MR) is 46.6 cm³/mol. The molecule has 70 valence electrons. The average molecular weight is 170 g/mol. The van der Waals surface area contributed by atoms with Crippen molar-refractivity contribution in [2.75, 3.05) is 0 Å². The zero-order chi connectivity index (χ0) is 9.15. The van der Waals surface area contributed by atoms with Crippen molar-refractivity contribution in [2.24, 2.45) is 16.7 Å². The Morgan fingerprint density at radius 3 is 2.00 bits per heavy atom. The standard InChI is InChI=1S/C10H18O2/c1-9(2)6-4-5-10(9,3)8(12)7(6)11/h6-8,11-12H,4-5H2,1-3H3/t6-,7-,8+,10-/m0/s1. The molecule has 0 aromatic carbocycles. The van der Waals surface area contributed by atoms with E-state index >= 15 is 0 Å². The lowest BCUT2D eigenvalue weighted by atomic mass is 9.70. The van der Waals surface area contributed by atoms with Gasteiger partial charge < -0.3 is 10.2 Å². The van der Waals surface area contributed by atoms with E-state index in [-0.39, 0.29) is 10.8 Å². The highest BCUT2D eigenvalue weighted by Gasteiger charge is 2.65. The normalized spacial score (nSPS) is 56.2. The number of fused-ring (bicyclic) bond motifs is 2. The molecule has 4 atom stereocenters. The Kier molecular flexibility index (Phi) is 1.45. The Bertz CT molecular complexity index is 212. The summed E-state index contributed by atoms with van der Waals surface area (Å²) in [5.41, 5.74) is 0.0446. The highest BCUT2D eigenvalue weighted by atomic mass is 16.3. The van der Waals surface area contributed by atoms with Crippen LogP contribution >= 0.6 is 0 Å². The second kappa shape index (κ2) is 2.05. The van der Waals surface area contributed by atoms with Crippen molar-refractivity contribution in [3.05, 3.63) is 0 Å². The zero-order valence-corrected chi connectivity index (χ0v) is 8.04. The van der Waals surface area contributed by atoms with Crippen LogP contribution in [0.2, 0.25) is 0 Å². The maximum Gasteiger partial charge on any atom is 0.0860 e. The molecule has 12 heavy (non-hydrogen) atoms. The van der Waals surface area contributed by atoms with E-state index in [1.165, 1.54) is 0 Å². The molecule has 0 unspecified atom stereocenters. The molecule has 2 fully saturated rings. The SMILES string of the molecule is CC1(C)[C@H]2CC[C@@]1(C)[C@H](O)[C@H]2O. The van der Waals surface area contributed by atoms with Gasteiger partial charge in [0.2, 0.25) is 0 Å². The molecule has 2 aliphatic carbocycles. The van der Waals surface area contributed by atoms with E-state index in [0.717, 1.165) is 12.8 Å². The van der Waals surface area contributed by atoms with E-state index in [2.05, 4.69) is 20.8 Å². The third kappa shape index (κ3) is 0.647. The third-order valence-corrected chi connectivity index (χ3v) is 4.76. The monoisotopic (exact) mass is 170 g/mol. The van der Waals surface area contributed by atoms with Crippen LogP contribution in [0.15, 0.2) is 0 Å². The van der Waals surface area contributed by atoms with Gasteiger partial charge in [0.1, 0.15) is 0 Å². The summed E-state index contributed by atoms with van der Waals surface area (Å²) in [7, 11) is 0. The smallest absolute Gasteiger partial charge is 0.0860 e. The quantitative estimate of drug-likeness (QED) is 0.573. The van der Waals surface area contributed by atoms with Gasteiger partial charge in [0.25, 0.3) is 0 Å². The molecule has 0 saturated heterocycles. The van der Waals surface area contributed by atoms with Crippen molar-refractivity contribution in [1.29, 1.82) is 0 Å². The van der Waals surface area contributed by atoms with Crippen LogP contribution in [0.25, 0.3) is 0 Å². The van der Waals surface area contributed by atoms with Gasteiger partial charge in [-0.25, -0.2) is 0 Å². The van der Waals surface area contributed by atoms with Crippen molar-refractivity contribution in [3.8, 4) is 0 Å². The summed E-state index contributed by atoms with van der Waals surface area (Å²) in [6.45, 7) is 6.45. The lowest BCUT2D eigenvalue weighted by Gasteiger charge is -2.36. The summed E-state index contributed by atoms with van der Waals surface area (Å²) in [6, 6.07) is 0. The van der Waals surface area contributed by atoms with Gasteiger partial charge >= 0.3 is 0 Å². The van der Waals surface area contributed by atoms with E-state index in [9.17, 15) is 10.2 Å². The van der Waals surface area contributed by atoms with Crippen molar-refractivity contribution < 1.29 is 10.2 Å². The number of aliphatic hydroxyl groups excluding tert-OH is 2. The van der Waals surface area contributed by atoms with Crippen LogP contribution in [0.1, 0.15) is 33.6 Å². The number of hydrogen-bond donors (Lipinski definition) is 2. The summed E-state index contributed by atoms with van der Waals surface area (Å²) in [5.74, 6) is 0.303. The molecule has 2 aliphatic rings. The van der Waals surface area contributed by atoms with E-state index < -0.39 is 12.2 Å². The molecule has 2 saturated carbocycles. The van der Waals surface area contributed by atoms with Crippen LogP contribution in [0.3, 0.4) is 0 Å². The molecule has 0 radical (unpaired) electrons. The second-order valence-electron chi connectivity index (χ2n) is 5.22. The third-order valence-electron chi connectivity index (χ3n) is 4.76. The second-order valence-corrected chi connectivity index (χ2v) is 5.22. The van der Waals surface area contributed by atoms with Crippen LogP contribution in [0, 0.1) is 16.7 Å². The van der Waals surface area contributed by atoms with Crippen molar-refractivity contribution in [2.45, 2.75) is 45.8 Å². The first-order chi connectivity index (χ1) is 5.41. The maximum atomic E-state index is 9.83. The van der Waals surface area contributed by atoms with E-state index in [1.54, 1.807) is 0 Å². The van der Waals surface area contributed by atoms with Gasteiger partial charge in [-0.1, -0.05) is 20.8 Å². The summed E-state index contributed by atoms with van der Waals surface area (Å²) >= 11 is 0. The highest BCUT2D eigenvalue weighted by Crippen LogP contribution is 2.65. The molecule has 2 nitrogen and oxygen atoms in total. The van der Waals surface area contributed by atoms with Crippen LogP contribution in [0.4, 0.5) is 0 Å². The maximum absolute atomic E-state index is 9.83. The molecule has 0 spiro atoms. The zero-order valence-electron chi connectivity index (χ0n) is 8.04. The molecule has 0 aromatic heterocycles. The fourth-order valence-corrected chi connectivity index (χ4v) is 3.29. The molecule has 0 amide bonds. The van der Waals surface area contributed by atoms with Crippen LogP contribution in [-0.2, 0) is 0 Å². The summed E-state index contributed by atoms with van der Waals surface area (Å²) in [4.78, 5) is 0. The molecule has 2 heteroatoms. The van der Waals surface area contributed by atoms with Crippen LogP contribution < -0.4 is 0 Å². The molecule has 0 heterocycles. The van der Waals surface area contributed by atoms with E-state index in [4.69, 9.17) is 0 Å².